The standard InChI is InChI=1S/C18H17ClF3O2S/c1-2-23-15(12-25-17-6-4-3-5-16(17)19)11-24-14-9-7-13(8-10-14)18(20,21)22/h4-10,15H,2,11-12H2,1H3. The van der Waals surface area contributed by atoms with Crippen LogP contribution < -0.4 is 4.74 Å². The number of thioether (sulfide) groups is 1. The van der Waals surface area contributed by atoms with E-state index in [2.05, 4.69) is 6.07 Å². The molecule has 0 spiro atoms. The Morgan fingerprint density at radius 2 is 1.92 bits per heavy atom. The van der Waals surface area contributed by atoms with Crippen LogP contribution in [0.25, 0.3) is 0 Å². The molecular weight excluding hydrogens is 373 g/mol. The van der Waals surface area contributed by atoms with Crippen molar-refractivity contribution in [2.75, 3.05) is 19.0 Å². The number of benzene rings is 2. The Hall–Kier alpha value is -1.37. The molecule has 0 aromatic heterocycles. The van der Waals surface area contributed by atoms with Crippen molar-refractivity contribution in [3.05, 3.63) is 59.1 Å². The van der Waals surface area contributed by atoms with Crippen LogP contribution in [0, 0.1) is 6.07 Å². The molecule has 25 heavy (non-hydrogen) atoms. The first-order chi connectivity index (χ1) is 11.9. The largest absolute Gasteiger partial charge is 0.491 e. The van der Waals surface area contributed by atoms with Gasteiger partial charge in [0.05, 0.1) is 10.6 Å². The van der Waals surface area contributed by atoms with Gasteiger partial charge in [0.25, 0.3) is 0 Å². The van der Waals surface area contributed by atoms with Gasteiger partial charge in [0.1, 0.15) is 18.5 Å². The topological polar surface area (TPSA) is 18.5 Å². The van der Waals surface area contributed by atoms with E-state index in [0.29, 0.717) is 23.1 Å². The van der Waals surface area contributed by atoms with Gasteiger partial charge in [-0.15, -0.1) is 11.8 Å². The van der Waals surface area contributed by atoms with Crippen LogP contribution in [0.5, 0.6) is 5.75 Å². The van der Waals surface area contributed by atoms with Crippen molar-refractivity contribution in [3.8, 4) is 5.75 Å². The maximum absolute atomic E-state index is 12.6. The fourth-order valence-electron chi connectivity index (χ4n) is 2.00. The lowest BCUT2D eigenvalue weighted by Crippen LogP contribution is -2.24. The molecule has 0 N–H and O–H groups in total. The number of rotatable bonds is 8. The van der Waals surface area contributed by atoms with Crippen LogP contribution >= 0.6 is 23.4 Å². The van der Waals surface area contributed by atoms with Crippen LogP contribution in [0.4, 0.5) is 13.2 Å². The summed E-state index contributed by atoms with van der Waals surface area (Å²) < 4.78 is 48.8. The molecular formula is C18H17ClF3O2S. The Kier molecular flexibility index (Phi) is 7.47. The second-order valence-electron chi connectivity index (χ2n) is 5.08. The summed E-state index contributed by atoms with van der Waals surface area (Å²) >= 11 is 7.62. The number of ether oxygens (including phenoxy) is 2. The summed E-state index contributed by atoms with van der Waals surface area (Å²) in [5.74, 6) is 0.980. The van der Waals surface area contributed by atoms with Gasteiger partial charge in [-0.1, -0.05) is 17.7 Å². The first-order valence-electron chi connectivity index (χ1n) is 7.60. The predicted molar refractivity (Wildman–Crippen MR) is 93.4 cm³/mol. The minimum atomic E-state index is -4.35. The molecule has 2 nitrogen and oxygen atoms in total. The Labute approximate surface area is 154 Å². The fraction of sp³-hybridized carbons (Fsp3) is 0.333. The highest BCUT2D eigenvalue weighted by Gasteiger charge is 2.30. The summed E-state index contributed by atoms with van der Waals surface area (Å²) in [5.41, 5.74) is -0.702. The van der Waals surface area contributed by atoms with Crippen LogP contribution in [0.2, 0.25) is 5.02 Å². The Balaban J connectivity index is 1.89. The fourth-order valence-corrected chi connectivity index (χ4v) is 3.21. The van der Waals surface area contributed by atoms with E-state index in [1.807, 2.05) is 13.0 Å². The Morgan fingerprint density at radius 3 is 2.52 bits per heavy atom. The molecule has 135 valence electrons. The third-order valence-electron chi connectivity index (χ3n) is 3.22. The molecule has 0 bridgehead atoms. The molecule has 0 heterocycles. The van der Waals surface area contributed by atoms with Crippen LogP contribution in [0.15, 0.2) is 47.4 Å². The molecule has 0 aliphatic rings. The van der Waals surface area contributed by atoms with Crippen LogP contribution in [-0.4, -0.2) is 25.1 Å². The van der Waals surface area contributed by atoms with Crippen LogP contribution in [-0.2, 0) is 10.9 Å². The predicted octanol–water partition coefficient (Wildman–Crippen LogP) is 5.74. The second-order valence-corrected chi connectivity index (χ2v) is 6.55. The third-order valence-corrected chi connectivity index (χ3v) is 4.85. The first kappa shape index (κ1) is 19.9. The van der Waals surface area contributed by atoms with Gasteiger partial charge in [0, 0.05) is 17.3 Å². The quantitative estimate of drug-likeness (QED) is 0.537. The average Bonchev–Trinajstić information content (AvgIpc) is 2.58. The van der Waals surface area contributed by atoms with Crippen molar-refractivity contribution >= 4 is 23.4 Å². The highest BCUT2D eigenvalue weighted by Crippen LogP contribution is 2.30. The van der Waals surface area contributed by atoms with Gasteiger partial charge >= 0.3 is 6.18 Å². The van der Waals surface area contributed by atoms with Gasteiger partial charge < -0.3 is 9.47 Å². The van der Waals surface area contributed by atoms with E-state index in [4.69, 9.17) is 21.1 Å². The molecule has 0 aliphatic heterocycles. The van der Waals surface area contributed by atoms with E-state index < -0.39 is 11.7 Å². The molecule has 1 radical (unpaired) electrons. The lowest BCUT2D eigenvalue weighted by atomic mass is 10.2. The van der Waals surface area contributed by atoms with Gasteiger partial charge in [-0.05, 0) is 49.4 Å². The van der Waals surface area contributed by atoms with Crippen molar-refractivity contribution in [2.45, 2.75) is 24.1 Å². The molecule has 0 amide bonds. The smallest absolute Gasteiger partial charge is 0.416 e. The van der Waals surface area contributed by atoms with Crippen LogP contribution in [0.1, 0.15) is 12.5 Å². The summed E-state index contributed by atoms with van der Waals surface area (Å²) in [6, 6.07) is 12.9. The minimum Gasteiger partial charge on any atom is -0.491 e. The number of halogens is 4. The van der Waals surface area contributed by atoms with Crippen LogP contribution in [0.3, 0.4) is 0 Å². The molecule has 1 atom stereocenters. The molecule has 0 saturated heterocycles. The lowest BCUT2D eigenvalue weighted by Gasteiger charge is -2.18. The number of alkyl halides is 3. The van der Waals surface area contributed by atoms with Crippen molar-refractivity contribution in [3.63, 3.8) is 0 Å². The van der Waals surface area contributed by atoms with E-state index in [-0.39, 0.29) is 12.7 Å². The van der Waals surface area contributed by atoms with Crippen molar-refractivity contribution in [1.82, 2.24) is 0 Å². The summed E-state index contributed by atoms with van der Waals surface area (Å²) in [6.07, 6.45) is -4.56. The molecule has 0 fully saturated rings. The highest BCUT2D eigenvalue weighted by molar-refractivity contribution is 7.99. The molecule has 0 saturated carbocycles. The first-order valence-corrected chi connectivity index (χ1v) is 8.96. The zero-order valence-electron chi connectivity index (χ0n) is 13.5. The molecule has 0 aliphatic carbocycles. The van der Waals surface area contributed by atoms with Gasteiger partial charge in [-0.25, -0.2) is 0 Å². The normalized spacial score (nSPS) is 12.8. The minimum absolute atomic E-state index is 0.211. The Morgan fingerprint density at radius 1 is 1.20 bits per heavy atom. The zero-order valence-corrected chi connectivity index (χ0v) is 15.0. The summed E-state index contributed by atoms with van der Waals surface area (Å²) in [7, 11) is 0. The van der Waals surface area contributed by atoms with Gasteiger partial charge in [0.15, 0.2) is 0 Å². The zero-order chi connectivity index (χ0) is 18.3. The average molecular weight is 390 g/mol. The van der Waals surface area contributed by atoms with E-state index >= 15 is 0 Å². The monoisotopic (exact) mass is 389 g/mol. The number of hydrogen-bond donors (Lipinski definition) is 0. The van der Waals surface area contributed by atoms with Crippen molar-refractivity contribution < 1.29 is 22.6 Å². The lowest BCUT2D eigenvalue weighted by molar-refractivity contribution is -0.137. The molecule has 2 rings (SSSR count). The van der Waals surface area contributed by atoms with Gasteiger partial charge in [-0.2, -0.15) is 13.2 Å². The van der Waals surface area contributed by atoms with Gasteiger partial charge in [0.2, 0.25) is 0 Å². The molecule has 1 unspecified atom stereocenters. The SMILES string of the molecule is CCOC(COc1ccc(C(F)(F)F)cc1)CSc1cc[c]cc1Cl. The molecule has 2 aromatic carbocycles. The van der Waals surface area contributed by atoms with E-state index in [0.717, 1.165) is 17.0 Å². The third kappa shape index (κ3) is 6.45. The second kappa shape index (κ2) is 9.36. The maximum Gasteiger partial charge on any atom is 0.416 e. The van der Waals surface area contributed by atoms with Crippen molar-refractivity contribution in [2.24, 2.45) is 0 Å². The van der Waals surface area contributed by atoms with Crippen molar-refractivity contribution in [1.29, 1.82) is 0 Å². The van der Waals surface area contributed by atoms with E-state index in [1.54, 1.807) is 12.1 Å². The highest BCUT2D eigenvalue weighted by atomic mass is 35.5. The summed E-state index contributed by atoms with van der Waals surface area (Å²) in [6.45, 7) is 2.63. The van der Waals surface area contributed by atoms with E-state index in [9.17, 15) is 13.2 Å². The van der Waals surface area contributed by atoms with Gasteiger partial charge in [-0.3, -0.25) is 0 Å². The maximum atomic E-state index is 12.6. The molecule has 7 heteroatoms. The van der Waals surface area contributed by atoms with E-state index in [1.165, 1.54) is 23.9 Å². The summed E-state index contributed by atoms with van der Waals surface area (Å²) in [4.78, 5) is 0.916. The summed E-state index contributed by atoms with van der Waals surface area (Å²) in [5, 5.41) is 0.617. The molecule has 2 aromatic rings. The number of hydrogen-bond acceptors (Lipinski definition) is 3. The Bertz CT molecular complexity index is 662.